The summed E-state index contributed by atoms with van der Waals surface area (Å²) in [5.74, 6) is -0.372. The molecule has 3 aromatic carbocycles. The Bertz CT molecular complexity index is 1070. The number of carbonyl (C=O) groups is 1. The first-order valence-corrected chi connectivity index (χ1v) is 12.6. The van der Waals surface area contributed by atoms with E-state index in [1.807, 2.05) is 54.4 Å². The van der Waals surface area contributed by atoms with Gasteiger partial charge in [-0.25, -0.2) is 0 Å². The van der Waals surface area contributed by atoms with Crippen molar-refractivity contribution in [3.05, 3.63) is 107 Å². The third kappa shape index (κ3) is 5.54. The monoisotopic (exact) mass is 470 g/mol. The molecule has 0 bridgehead atoms. The van der Waals surface area contributed by atoms with Crippen molar-refractivity contribution in [1.29, 1.82) is 0 Å². The van der Waals surface area contributed by atoms with E-state index in [9.17, 15) is 13.2 Å². The molecule has 0 amide bonds. The van der Waals surface area contributed by atoms with Gasteiger partial charge in [-0.15, -0.1) is 0 Å². The first-order valence-electron chi connectivity index (χ1n) is 9.25. The van der Waals surface area contributed by atoms with Crippen LogP contribution >= 0.6 is 0 Å². The van der Waals surface area contributed by atoms with E-state index in [2.05, 4.69) is 0 Å². The summed E-state index contributed by atoms with van der Waals surface area (Å²) in [5, 5.41) is -1.14. The number of rotatable bonds is 8. The van der Waals surface area contributed by atoms with Crippen molar-refractivity contribution in [3.8, 4) is 0 Å². The SMILES string of the molecule is Cc1ccc(S(=O)(=O)C(C/C=C/[Se]c2ccccc2)C(=O)c2ccccc2)cc1. The number of carbonyl (C=O) groups excluding carboxylic acids is 1. The molecule has 0 aliphatic rings. The van der Waals surface area contributed by atoms with Crippen molar-refractivity contribution in [1.82, 2.24) is 0 Å². The maximum atomic E-state index is 13.3. The zero-order chi connectivity index (χ0) is 20.7. The van der Waals surface area contributed by atoms with E-state index in [4.69, 9.17) is 0 Å². The molecule has 29 heavy (non-hydrogen) atoms. The zero-order valence-corrected chi connectivity index (χ0v) is 18.6. The van der Waals surface area contributed by atoms with Crippen molar-refractivity contribution >= 4 is 35.0 Å². The van der Waals surface area contributed by atoms with Crippen LogP contribution in [0.5, 0.6) is 0 Å². The molecule has 0 fully saturated rings. The van der Waals surface area contributed by atoms with E-state index in [0.29, 0.717) is 5.56 Å². The molecule has 3 nitrogen and oxygen atoms in total. The molecule has 1 unspecified atom stereocenters. The topological polar surface area (TPSA) is 51.2 Å². The van der Waals surface area contributed by atoms with E-state index in [1.54, 1.807) is 48.5 Å². The minimum absolute atomic E-state index is 0.0925. The van der Waals surface area contributed by atoms with Crippen LogP contribution in [0.4, 0.5) is 0 Å². The van der Waals surface area contributed by atoms with Crippen molar-refractivity contribution in [2.75, 3.05) is 0 Å². The van der Waals surface area contributed by atoms with Gasteiger partial charge in [-0.05, 0) is 0 Å². The first-order chi connectivity index (χ1) is 14.0. The Kier molecular flexibility index (Phi) is 7.21. The number of allylic oxidation sites excluding steroid dienone is 1. The molecule has 0 saturated carbocycles. The third-order valence-corrected chi connectivity index (χ3v) is 8.38. The molecule has 0 aromatic heterocycles. The summed E-state index contributed by atoms with van der Waals surface area (Å²) in [6, 6.07) is 25.3. The van der Waals surface area contributed by atoms with Gasteiger partial charge in [0.15, 0.2) is 0 Å². The predicted octanol–water partition coefficient (Wildman–Crippen LogP) is 3.95. The molecule has 5 heteroatoms. The zero-order valence-electron chi connectivity index (χ0n) is 16.1. The fourth-order valence-corrected chi connectivity index (χ4v) is 5.91. The number of ketones is 1. The van der Waals surface area contributed by atoms with Crippen LogP contribution in [-0.2, 0) is 9.84 Å². The van der Waals surface area contributed by atoms with Crippen molar-refractivity contribution in [3.63, 3.8) is 0 Å². The minimum atomic E-state index is -3.80. The summed E-state index contributed by atoms with van der Waals surface area (Å²) >= 11 is 0.0925. The Hall–Kier alpha value is -2.46. The van der Waals surface area contributed by atoms with Gasteiger partial charge in [-0.1, -0.05) is 0 Å². The summed E-state index contributed by atoms with van der Waals surface area (Å²) in [6.07, 6.45) is 1.97. The molecule has 3 aromatic rings. The van der Waals surface area contributed by atoms with Gasteiger partial charge < -0.3 is 0 Å². The molecule has 0 aliphatic carbocycles. The van der Waals surface area contributed by atoms with Gasteiger partial charge >= 0.3 is 179 Å². The van der Waals surface area contributed by atoms with Crippen LogP contribution in [0.3, 0.4) is 0 Å². The number of sulfone groups is 1. The van der Waals surface area contributed by atoms with Crippen LogP contribution < -0.4 is 4.46 Å². The molecule has 0 heterocycles. The molecule has 0 aliphatic heterocycles. The fraction of sp³-hybridized carbons (Fsp3) is 0.125. The second-order valence-electron chi connectivity index (χ2n) is 6.62. The average molecular weight is 469 g/mol. The molecule has 148 valence electrons. The van der Waals surface area contributed by atoms with Gasteiger partial charge in [-0.3, -0.25) is 0 Å². The Balaban J connectivity index is 1.87. The standard InChI is InChI=1S/C24H22O3SSe/c1-19-14-16-21(17-15-19)28(26,27)23(24(25)20-9-4-2-5-10-20)13-8-18-29-22-11-6-3-7-12-22/h2-12,14-18,23H,13H2,1H3/b18-8+. The molecular formula is C24H22O3SSe. The summed E-state index contributed by atoms with van der Waals surface area (Å²) in [7, 11) is -3.80. The van der Waals surface area contributed by atoms with Crippen molar-refractivity contribution in [2.24, 2.45) is 0 Å². The normalized spacial score (nSPS) is 12.7. The average Bonchev–Trinajstić information content (AvgIpc) is 2.75. The summed E-state index contributed by atoms with van der Waals surface area (Å²) < 4.78 is 27.7. The van der Waals surface area contributed by atoms with E-state index >= 15 is 0 Å². The van der Waals surface area contributed by atoms with E-state index in [0.717, 1.165) is 5.56 Å². The van der Waals surface area contributed by atoms with Crippen molar-refractivity contribution in [2.45, 2.75) is 23.5 Å². The Morgan fingerprint density at radius 2 is 1.48 bits per heavy atom. The van der Waals surface area contributed by atoms with Crippen LogP contribution in [0.2, 0.25) is 0 Å². The Labute approximate surface area is 178 Å². The summed E-state index contributed by atoms with van der Waals surface area (Å²) in [4.78, 5) is 15.3. The third-order valence-electron chi connectivity index (χ3n) is 4.47. The molecule has 0 N–H and O–H groups in total. The number of hydrogen-bond donors (Lipinski definition) is 0. The predicted molar refractivity (Wildman–Crippen MR) is 119 cm³/mol. The Morgan fingerprint density at radius 1 is 0.897 bits per heavy atom. The Morgan fingerprint density at radius 3 is 2.10 bits per heavy atom. The molecule has 0 spiro atoms. The van der Waals surface area contributed by atoms with Crippen LogP contribution in [-0.4, -0.2) is 34.4 Å². The van der Waals surface area contributed by atoms with Crippen LogP contribution in [0, 0.1) is 6.92 Å². The van der Waals surface area contributed by atoms with Crippen LogP contribution in [0.1, 0.15) is 22.3 Å². The van der Waals surface area contributed by atoms with Gasteiger partial charge in [0.1, 0.15) is 0 Å². The summed E-state index contributed by atoms with van der Waals surface area (Å²) in [5.41, 5.74) is 1.38. The quantitative estimate of drug-likeness (QED) is 0.371. The molecular weight excluding hydrogens is 447 g/mol. The number of aryl methyl sites for hydroxylation is 1. The molecule has 0 radical (unpaired) electrons. The molecule has 1 atom stereocenters. The van der Waals surface area contributed by atoms with Gasteiger partial charge in [0.25, 0.3) is 0 Å². The number of benzene rings is 3. The summed E-state index contributed by atoms with van der Waals surface area (Å²) in [6.45, 7) is 1.90. The number of Topliss-reactive ketones (excluding diaryl/α,β-unsaturated/α-hetero) is 1. The van der Waals surface area contributed by atoms with E-state index < -0.39 is 15.1 Å². The molecule has 0 saturated heterocycles. The van der Waals surface area contributed by atoms with Gasteiger partial charge in [0.05, 0.1) is 0 Å². The van der Waals surface area contributed by atoms with E-state index in [1.165, 1.54) is 4.46 Å². The maximum absolute atomic E-state index is 13.3. The molecule has 3 rings (SSSR count). The van der Waals surface area contributed by atoms with Gasteiger partial charge in [0, 0.05) is 0 Å². The van der Waals surface area contributed by atoms with Crippen molar-refractivity contribution < 1.29 is 13.2 Å². The van der Waals surface area contributed by atoms with Gasteiger partial charge in [0.2, 0.25) is 0 Å². The van der Waals surface area contributed by atoms with Crippen LogP contribution in [0.15, 0.2) is 101 Å². The van der Waals surface area contributed by atoms with Gasteiger partial charge in [-0.2, -0.15) is 0 Å². The first kappa shape index (κ1) is 21.3. The van der Waals surface area contributed by atoms with E-state index in [-0.39, 0.29) is 32.1 Å². The number of hydrogen-bond acceptors (Lipinski definition) is 3. The second-order valence-corrected chi connectivity index (χ2v) is 10.8. The second kappa shape index (κ2) is 9.84. The van der Waals surface area contributed by atoms with Crippen LogP contribution in [0.25, 0.3) is 0 Å². The fourth-order valence-electron chi connectivity index (χ4n) is 2.86.